The summed E-state index contributed by atoms with van der Waals surface area (Å²) in [6, 6.07) is -0.910. The Bertz CT molecular complexity index is 476. The molecule has 0 aliphatic rings. The summed E-state index contributed by atoms with van der Waals surface area (Å²) >= 11 is 5.81. The molecule has 1 aromatic rings. The molecular formula is C10H13ClN2O4. The SMILES string of the molecule is Cc1c(Cl)c(O)c([C@H](N)CO)c(C)c1[N+](=O)[O-]. The predicted octanol–water partition coefficient (Wildman–Crippen LogP) is 1.56. The van der Waals surface area contributed by atoms with Crippen molar-refractivity contribution in [1.82, 2.24) is 0 Å². The number of aliphatic hydroxyl groups is 1. The Kier molecular flexibility index (Phi) is 3.92. The Labute approximate surface area is 103 Å². The number of nitrogens with two attached hydrogens (primary N) is 1. The fraction of sp³-hybridized carbons (Fsp3) is 0.400. The molecule has 1 atom stereocenters. The summed E-state index contributed by atoms with van der Waals surface area (Å²) < 4.78 is 0. The van der Waals surface area contributed by atoms with Crippen LogP contribution in [0.2, 0.25) is 5.02 Å². The average Bonchev–Trinajstić information content (AvgIpc) is 2.25. The molecular weight excluding hydrogens is 248 g/mol. The van der Waals surface area contributed by atoms with Gasteiger partial charge in [0.25, 0.3) is 5.69 Å². The molecule has 0 saturated carbocycles. The van der Waals surface area contributed by atoms with Crippen LogP contribution in [0.1, 0.15) is 22.7 Å². The zero-order chi connectivity index (χ0) is 13.3. The maximum Gasteiger partial charge on any atom is 0.277 e. The van der Waals surface area contributed by atoms with Crippen molar-refractivity contribution < 1.29 is 15.1 Å². The number of hydrogen-bond acceptors (Lipinski definition) is 5. The lowest BCUT2D eigenvalue weighted by Crippen LogP contribution is -2.17. The van der Waals surface area contributed by atoms with Gasteiger partial charge in [-0.3, -0.25) is 10.1 Å². The number of phenolic OH excluding ortho intramolecular Hbond substituents is 1. The standard InChI is InChI=1S/C10H13ClN2O4/c1-4-7(6(12)3-14)10(15)8(11)5(2)9(4)13(16)17/h6,14-15H,3,12H2,1-2H3/t6-/m1/s1. The quantitative estimate of drug-likeness (QED) is 0.564. The summed E-state index contributed by atoms with van der Waals surface area (Å²) in [6.07, 6.45) is 0. The second-order valence-electron chi connectivity index (χ2n) is 3.72. The third-order valence-electron chi connectivity index (χ3n) is 2.66. The van der Waals surface area contributed by atoms with Gasteiger partial charge in [0.05, 0.1) is 22.6 Å². The maximum atomic E-state index is 10.9. The van der Waals surface area contributed by atoms with Crippen LogP contribution in [-0.2, 0) is 0 Å². The molecule has 0 aliphatic heterocycles. The van der Waals surface area contributed by atoms with Crippen molar-refractivity contribution in [3.8, 4) is 5.75 Å². The minimum atomic E-state index is -0.910. The number of nitrogens with zero attached hydrogens (tertiary/aromatic N) is 1. The van der Waals surface area contributed by atoms with Crippen molar-refractivity contribution in [2.45, 2.75) is 19.9 Å². The van der Waals surface area contributed by atoms with Gasteiger partial charge >= 0.3 is 0 Å². The van der Waals surface area contributed by atoms with Crippen LogP contribution in [-0.4, -0.2) is 21.7 Å². The van der Waals surface area contributed by atoms with Gasteiger partial charge in [-0.1, -0.05) is 11.6 Å². The molecule has 0 amide bonds. The Balaban J connectivity index is 3.67. The lowest BCUT2D eigenvalue weighted by molar-refractivity contribution is -0.386. The topological polar surface area (TPSA) is 110 Å². The smallest absolute Gasteiger partial charge is 0.277 e. The van der Waals surface area contributed by atoms with E-state index in [1.165, 1.54) is 13.8 Å². The van der Waals surface area contributed by atoms with Crippen LogP contribution < -0.4 is 5.73 Å². The second-order valence-corrected chi connectivity index (χ2v) is 4.10. The van der Waals surface area contributed by atoms with Crippen LogP contribution in [0.3, 0.4) is 0 Å². The van der Waals surface area contributed by atoms with Crippen molar-refractivity contribution in [3.63, 3.8) is 0 Å². The van der Waals surface area contributed by atoms with Gasteiger partial charge in [0.2, 0.25) is 0 Å². The number of rotatable bonds is 3. The average molecular weight is 261 g/mol. The zero-order valence-electron chi connectivity index (χ0n) is 9.40. The molecule has 1 rings (SSSR count). The number of aromatic hydroxyl groups is 1. The van der Waals surface area contributed by atoms with Gasteiger partial charge in [-0.25, -0.2) is 0 Å². The van der Waals surface area contributed by atoms with E-state index >= 15 is 0 Å². The van der Waals surface area contributed by atoms with E-state index in [9.17, 15) is 15.2 Å². The van der Waals surface area contributed by atoms with E-state index in [2.05, 4.69) is 0 Å². The van der Waals surface area contributed by atoms with Crippen LogP contribution in [0.5, 0.6) is 5.75 Å². The molecule has 0 fully saturated rings. The molecule has 94 valence electrons. The number of aliphatic hydroxyl groups excluding tert-OH is 1. The lowest BCUT2D eigenvalue weighted by Gasteiger charge is -2.17. The van der Waals surface area contributed by atoms with E-state index in [0.29, 0.717) is 0 Å². The van der Waals surface area contributed by atoms with Crippen molar-refractivity contribution in [1.29, 1.82) is 0 Å². The van der Waals surface area contributed by atoms with E-state index in [4.69, 9.17) is 22.4 Å². The van der Waals surface area contributed by atoms with Gasteiger partial charge in [-0.05, 0) is 13.8 Å². The molecule has 0 aromatic heterocycles. The summed E-state index contributed by atoms with van der Waals surface area (Å²) in [5.41, 5.74) is 5.91. The number of halogens is 1. The first-order valence-corrected chi connectivity index (χ1v) is 5.23. The largest absolute Gasteiger partial charge is 0.506 e. The van der Waals surface area contributed by atoms with Crippen LogP contribution in [0.15, 0.2) is 0 Å². The Morgan fingerprint density at radius 3 is 2.41 bits per heavy atom. The molecule has 4 N–H and O–H groups in total. The van der Waals surface area contributed by atoms with Crippen LogP contribution in [0, 0.1) is 24.0 Å². The van der Waals surface area contributed by atoms with Crippen molar-refractivity contribution in [2.75, 3.05) is 6.61 Å². The van der Waals surface area contributed by atoms with E-state index in [-0.39, 0.29) is 33.1 Å². The van der Waals surface area contributed by atoms with Crippen molar-refractivity contribution in [2.24, 2.45) is 5.73 Å². The molecule has 17 heavy (non-hydrogen) atoms. The molecule has 0 aliphatic carbocycles. The number of hydrogen-bond donors (Lipinski definition) is 3. The van der Waals surface area contributed by atoms with E-state index < -0.39 is 17.6 Å². The fourth-order valence-electron chi connectivity index (χ4n) is 1.81. The molecule has 0 heterocycles. The first-order chi connectivity index (χ1) is 7.82. The summed E-state index contributed by atoms with van der Waals surface area (Å²) in [7, 11) is 0. The third kappa shape index (κ3) is 2.19. The van der Waals surface area contributed by atoms with Gasteiger partial charge < -0.3 is 15.9 Å². The van der Waals surface area contributed by atoms with Gasteiger partial charge in [0.15, 0.2) is 0 Å². The van der Waals surface area contributed by atoms with Crippen molar-refractivity contribution in [3.05, 3.63) is 31.8 Å². The number of nitro groups is 1. The van der Waals surface area contributed by atoms with Crippen molar-refractivity contribution >= 4 is 17.3 Å². The highest BCUT2D eigenvalue weighted by molar-refractivity contribution is 6.33. The van der Waals surface area contributed by atoms with Gasteiger partial charge in [0.1, 0.15) is 5.75 Å². The highest BCUT2D eigenvalue weighted by atomic mass is 35.5. The molecule has 0 radical (unpaired) electrons. The molecule has 0 saturated heterocycles. The van der Waals surface area contributed by atoms with Gasteiger partial charge in [0, 0.05) is 16.7 Å². The molecule has 6 nitrogen and oxygen atoms in total. The van der Waals surface area contributed by atoms with E-state index in [1.807, 2.05) is 0 Å². The summed E-state index contributed by atoms with van der Waals surface area (Å²) in [5.74, 6) is -0.311. The Morgan fingerprint density at radius 2 is 2.00 bits per heavy atom. The molecule has 0 unspecified atom stereocenters. The lowest BCUT2D eigenvalue weighted by atomic mass is 9.96. The Morgan fingerprint density at radius 1 is 1.47 bits per heavy atom. The minimum Gasteiger partial charge on any atom is -0.506 e. The highest BCUT2D eigenvalue weighted by Crippen LogP contribution is 2.42. The Hall–Kier alpha value is -1.37. The maximum absolute atomic E-state index is 10.9. The summed E-state index contributed by atoms with van der Waals surface area (Å²) in [5, 5.41) is 29.6. The summed E-state index contributed by atoms with van der Waals surface area (Å²) in [4.78, 5) is 10.4. The number of phenols is 1. The second kappa shape index (κ2) is 4.87. The number of nitro benzene ring substituents is 1. The van der Waals surface area contributed by atoms with Crippen LogP contribution >= 0.6 is 11.6 Å². The monoisotopic (exact) mass is 260 g/mol. The molecule has 0 spiro atoms. The third-order valence-corrected chi connectivity index (χ3v) is 3.12. The van der Waals surface area contributed by atoms with Gasteiger partial charge in [-0.15, -0.1) is 0 Å². The molecule has 7 heteroatoms. The van der Waals surface area contributed by atoms with E-state index in [0.717, 1.165) is 0 Å². The van der Waals surface area contributed by atoms with E-state index in [1.54, 1.807) is 0 Å². The minimum absolute atomic E-state index is 0.106. The predicted molar refractivity (Wildman–Crippen MR) is 63.3 cm³/mol. The first kappa shape index (κ1) is 13.7. The fourth-order valence-corrected chi connectivity index (χ4v) is 2.00. The van der Waals surface area contributed by atoms with Crippen LogP contribution in [0.4, 0.5) is 5.69 Å². The highest BCUT2D eigenvalue weighted by Gasteiger charge is 2.27. The number of benzene rings is 1. The molecule has 0 bridgehead atoms. The summed E-state index contributed by atoms with van der Waals surface area (Å²) in [6.45, 7) is 2.47. The first-order valence-electron chi connectivity index (χ1n) is 4.85. The van der Waals surface area contributed by atoms with Gasteiger partial charge in [-0.2, -0.15) is 0 Å². The zero-order valence-corrected chi connectivity index (χ0v) is 10.2. The normalized spacial score (nSPS) is 12.5. The van der Waals surface area contributed by atoms with Crippen LogP contribution in [0.25, 0.3) is 0 Å². The molecule has 1 aromatic carbocycles.